The summed E-state index contributed by atoms with van der Waals surface area (Å²) < 4.78 is 7.96. The van der Waals surface area contributed by atoms with Crippen LogP contribution in [0.25, 0.3) is 21.9 Å². The van der Waals surface area contributed by atoms with Gasteiger partial charge in [0, 0.05) is 11.1 Å². The maximum atomic E-state index is 12.7. The number of halogens is 2. The minimum Gasteiger partial charge on any atom is -0.506 e. The summed E-state index contributed by atoms with van der Waals surface area (Å²) in [5, 5.41) is 12.5. The van der Waals surface area contributed by atoms with Gasteiger partial charge in [-0.15, -0.1) is 0 Å². The van der Waals surface area contributed by atoms with Crippen molar-refractivity contribution in [3.63, 3.8) is 0 Å². The number of phenols is 1. The van der Waals surface area contributed by atoms with Gasteiger partial charge in [0.15, 0.2) is 5.60 Å². The summed E-state index contributed by atoms with van der Waals surface area (Å²) in [6.45, 7) is 16.9. The Bertz CT molecular complexity index is 1870. The monoisotopic (exact) mass is 878 g/mol. The number of benzene rings is 5. The van der Waals surface area contributed by atoms with Crippen LogP contribution in [0.1, 0.15) is 114 Å². The fraction of sp³-hybridized carbons (Fsp3) is 0.341. The Morgan fingerprint density at radius 1 is 0.816 bits per heavy atom. The van der Waals surface area contributed by atoms with Gasteiger partial charge in [0.25, 0.3) is 0 Å². The lowest BCUT2D eigenvalue weighted by molar-refractivity contribution is -0.166. The predicted molar refractivity (Wildman–Crippen MR) is 222 cm³/mol. The molecule has 0 saturated carbocycles. The second kappa shape index (κ2) is 15.1. The predicted octanol–water partition coefficient (Wildman–Crippen LogP) is 13.1. The summed E-state index contributed by atoms with van der Waals surface area (Å²) in [6, 6.07) is 33.8. The minimum atomic E-state index is -0.712. The van der Waals surface area contributed by atoms with Crippen LogP contribution < -0.4 is 0 Å². The largest absolute Gasteiger partial charge is 0.506 e. The number of fused-ring (bicyclic) bond motifs is 3. The molecule has 5 heteroatoms. The molecule has 2 aliphatic rings. The summed E-state index contributed by atoms with van der Waals surface area (Å²) >= 11 is 4.34. The molecule has 0 fully saturated rings. The van der Waals surface area contributed by atoms with E-state index in [0.717, 1.165) is 42.2 Å². The second-order valence-corrected chi connectivity index (χ2v) is 16.6. The van der Waals surface area contributed by atoms with Crippen LogP contribution in [0.5, 0.6) is 5.75 Å². The molecule has 3 unspecified atom stereocenters. The van der Waals surface area contributed by atoms with Crippen LogP contribution in [-0.4, -0.2) is 11.1 Å². The first kappa shape index (κ1) is 37.3. The molecule has 3 atom stereocenters. The molecule has 5 aromatic carbocycles. The maximum absolute atomic E-state index is 12.7. The van der Waals surface area contributed by atoms with E-state index >= 15 is 0 Å². The van der Waals surface area contributed by atoms with E-state index in [4.69, 9.17) is 4.74 Å². The highest BCUT2D eigenvalue weighted by molar-refractivity contribution is 14.1. The highest BCUT2D eigenvalue weighted by Crippen LogP contribution is 2.50. The van der Waals surface area contributed by atoms with Crippen LogP contribution in [-0.2, 0) is 15.1 Å². The SMILES string of the molecule is CC1c2cccc3cccc(c23)C1C.CCC(C)(C)C(=O)OC1(C)c2ccccc2-c2ccccc21.CCC(C)c1cc(I)c(O)c(I)c1. The van der Waals surface area contributed by atoms with Crippen molar-refractivity contribution in [2.75, 3.05) is 0 Å². The van der Waals surface area contributed by atoms with Gasteiger partial charge in [-0.25, -0.2) is 0 Å². The van der Waals surface area contributed by atoms with E-state index in [1.54, 1.807) is 0 Å². The molecule has 0 aromatic heterocycles. The summed E-state index contributed by atoms with van der Waals surface area (Å²) in [5.74, 6) is 2.19. The third kappa shape index (κ3) is 7.30. The summed E-state index contributed by atoms with van der Waals surface area (Å²) in [6.07, 6.45) is 1.89. The number of esters is 1. The summed E-state index contributed by atoms with van der Waals surface area (Å²) in [4.78, 5) is 12.7. The Balaban J connectivity index is 0.000000151. The van der Waals surface area contributed by atoms with Crippen molar-refractivity contribution in [2.24, 2.45) is 5.41 Å². The lowest BCUT2D eigenvalue weighted by atomic mass is 9.88. The molecule has 0 spiro atoms. The molecule has 0 saturated heterocycles. The van der Waals surface area contributed by atoms with Crippen molar-refractivity contribution < 1.29 is 14.6 Å². The molecule has 0 amide bonds. The maximum Gasteiger partial charge on any atom is 0.312 e. The van der Waals surface area contributed by atoms with Gasteiger partial charge in [-0.2, -0.15) is 0 Å². The molecule has 7 rings (SSSR count). The van der Waals surface area contributed by atoms with Gasteiger partial charge in [-0.05, 0) is 147 Å². The number of aromatic hydroxyl groups is 1. The van der Waals surface area contributed by atoms with Crippen molar-refractivity contribution in [3.05, 3.63) is 132 Å². The molecule has 0 heterocycles. The zero-order valence-corrected chi connectivity index (χ0v) is 34.2. The van der Waals surface area contributed by atoms with E-state index in [9.17, 15) is 9.90 Å². The molecule has 3 nitrogen and oxygen atoms in total. The molecule has 49 heavy (non-hydrogen) atoms. The third-order valence-corrected chi connectivity index (χ3v) is 12.5. The fourth-order valence-corrected chi connectivity index (χ4v) is 8.61. The Hall–Kier alpha value is -2.91. The van der Waals surface area contributed by atoms with E-state index in [1.165, 1.54) is 27.5 Å². The first-order valence-electron chi connectivity index (χ1n) is 17.4. The quantitative estimate of drug-likeness (QED) is 0.141. The summed E-state index contributed by atoms with van der Waals surface area (Å²) in [5.41, 5.74) is 7.63. The number of rotatable bonds is 5. The van der Waals surface area contributed by atoms with E-state index in [0.29, 0.717) is 23.5 Å². The Morgan fingerprint density at radius 3 is 1.73 bits per heavy atom. The lowest BCUT2D eigenvalue weighted by Gasteiger charge is -2.32. The third-order valence-electron chi connectivity index (χ3n) is 10.8. The molecule has 0 radical (unpaired) electrons. The molecule has 2 aliphatic carbocycles. The number of hydrogen-bond acceptors (Lipinski definition) is 3. The number of carbonyl (C=O) groups is 1. The molecular weight excluding hydrogens is 830 g/mol. The molecule has 0 bridgehead atoms. The van der Waals surface area contributed by atoms with Crippen molar-refractivity contribution >= 4 is 61.9 Å². The first-order chi connectivity index (χ1) is 23.2. The molecule has 1 N–H and O–H groups in total. The second-order valence-electron chi connectivity index (χ2n) is 14.3. The Kier molecular flexibility index (Phi) is 11.5. The van der Waals surface area contributed by atoms with Gasteiger partial charge in [-0.3, -0.25) is 4.79 Å². The molecule has 0 aliphatic heterocycles. The standard InChI is InChI=1S/C20H22O2.C14H14.C10H12I2O/c1-5-19(2,3)18(21)22-20(4)16-12-8-6-10-14(16)15-11-7-9-13-17(15)20;1-9-10(2)13-8-4-6-11-5-3-7-12(9)14(11)13;1-3-6(2)7-4-8(11)10(13)9(12)5-7/h6-13H,5H2,1-4H3;3-10H,1-2H3;4-6,13H,3H2,1-2H3. The molecular formula is C44H48I2O3. The zero-order valence-electron chi connectivity index (χ0n) is 29.9. The van der Waals surface area contributed by atoms with E-state index < -0.39 is 11.0 Å². The fourth-order valence-electron chi connectivity index (χ4n) is 6.79. The van der Waals surface area contributed by atoms with E-state index in [-0.39, 0.29) is 5.97 Å². The van der Waals surface area contributed by atoms with Crippen molar-refractivity contribution in [1.82, 2.24) is 0 Å². The van der Waals surface area contributed by atoms with Crippen molar-refractivity contribution in [2.45, 2.75) is 91.6 Å². The highest BCUT2D eigenvalue weighted by atomic mass is 127. The van der Waals surface area contributed by atoms with Gasteiger partial charge in [-0.1, -0.05) is 120 Å². The van der Waals surface area contributed by atoms with E-state index in [2.05, 4.69) is 146 Å². The smallest absolute Gasteiger partial charge is 0.312 e. The number of carbonyl (C=O) groups excluding carboxylic acids is 1. The van der Waals surface area contributed by atoms with Crippen LogP contribution in [0.2, 0.25) is 0 Å². The van der Waals surface area contributed by atoms with Crippen molar-refractivity contribution in [1.29, 1.82) is 0 Å². The average molecular weight is 879 g/mol. The van der Waals surface area contributed by atoms with Crippen LogP contribution in [0.3, 0.4) is 0 Å². The van der Waals surface area contributed by atoms with Crippen LogP contribution in [0, 0.1) is 12.6 Å². The lowest BCUT2D eigenvalue weighted by Crippen LogP contribution is -2.35. The Morgan fingerprint density at radius 2 is 1.29 bits per heavy atom. The van der Waals surface area contributed by atoms with Crippen LogP contribution in [0.4, 0.5) is 0 Å². The first-order valence-corrected chi connectivity index (χ1v) is 19.5. The normalized spacial score (nSPS) is 17.2. The van der Waals surface area contributed by atoms with Crippen LogP contribution in [0.15, 0.2) is 97.1 Å². The number of phenolic OH excluding ortho intramolecular Hbond substituents is 1. The number of hydrogen-bond donors (Lipinski definition) is 1. The minimum absolute atomic E-state index is 0.149. The zero-order chi connectivity index (χ0) is 35.7. The van der Waals surface area contributed by atoms with Gasteiger partial charge in [0.2, 0.25) is 0 Å². The van der Waals surface area contributed by atoms with Gasteiger partial charge < -0.3 is 9.84 Å². The molecule has 5 aromatic rings. The molecule has 256 valence electrons. The van der Waals surface area contributed by atoms with Crippen molar-refractivity contribution in [3.8, 4) is 16.9 Å². The Labute approximate surface area is 320 Å². The summed E-state index contributed by atoms with van der Waals surface area (Å²) in [7, 11) is 0. The average Bonchev–Trinajstić information content (AvgIpc) is 3.51. The van der Waals surface area contributed by atoms with Crippen LogP contribution >= 0.6 is 45.2 Å². The van der Waals surface area contributed by atoms with Gasteiger partial charge in [0.05, 0.1) is 12.6 Å². The number of ether oxygens (including phenoxy) is 1. The van der Waals surface area contributed by atoms with E-state index in [1.807, 2.05) is 52.0 Å². The van der Waals surface area contributed by atoms with Gasteiger partial charge >= 0.3 is 5.97 Å². The van der Waals surface area contributed by atoms with Gasteiger partial charge in [0.1, 0.15) is 5.75 Å². The topological polar surface area (TPSA) is 46.5 Å². The highest BCUT2D eigenvalue weighted by Gasteiger charge is 2.44.